The van der Waals surface area contributed by atoms with Crippen LogP contribution < -0.4 is 10.5 Å². The Morgan fingerprint density at radius 3 is 2.58 bits per heavy atom. The molecule has 0 amide bonds. The van der Waals surface area contributed by atoms with Gasteiger partial charge in [-0.1, -0.05) is 18.2 Å². The van der Waals surface area contributed by atoms with Crippen LogP contribution in [-0.2, 0) is 19.4 Å². The van der Waals surface area contributed by atoms with E-state index in [-0.39, 0.29) is 17.4 Å². The highest BCUT2D eigenvalue weighted by atomic mass is 32.1. The molecule has 5 rings (SSSR count). The van der Waals surface area contributed by atoms with E-state index in [0.29, 0.717) is 6.54 Å². The molecule has 1 aliphatic carbocycles. The highest BCUT2D eigenvalue weighted by Crippen LogP contribution is 2.35. The third kappa shape index (κ3) is 3.78. The molecule has 1 saturated heterocycles. The van der Waals surface area contributed by atoms with Gasteiger partial charge in [0.2, 0.25) is 5.95 Å². The van der Waals surface area contributed by atoms with Crippen LogP contribution in [0.3, 0.4) is 0 Å². The molecule has 0 N–H and O–H groups in total. The summed E-state index contributed by atoms with van der Waals surface area (Å²) in [7, 11) is 0. The Bertz CT molecular complexity index is 1160. The molecule has 7 heteroatoms. The van der Waals surface area contributed by atoms with E-state index in [9.17, 15) is 9.18 Å². The highest BCUT2D eigenvalue weighted by Gasteiger charge is 2.27. The molecule has 1 aliphatic heterocycles. The van der Waals surface area contributed by atoms with Gasteiger partial charge in [0, 0.05) is 49.2 Å². The van der Waals surface area contributed by atoms with Gasteiger partial charge >= 0.3 is 0 Å². The Morgan fingerprint density at radius 1 is 1.10 bits per heavy atom. The second-order valence-electron chi connectivity index (χ2n) is 8.93. The normalized spacial score (nSPS) is 17.5. The van der Waals surface area contributed by atoms with Gasteiger partial charge in [0.1, 0.15) is 10.6 Å². The van der Waals surface area contributed by atoms with Gasteiger partial charge in [-0.05, 0) is 51.2 Å². The van der Waals surface area contributed by atoms with Crippen molar-refractivity contribution in [1.29, 1.82) is 0 Å². The van der Waals surface area contributed by atoms with Crippen LogP contribution >= 0.6 is 11.3 Å². The molecule has 5 nitrogen and oxygen atoms in total. The van der Waals surface area contributed by atoms with Gasteiger partial charge in [-0.25, -0.2) is 9.37 Å². The first-order chi connectivity index (χ1) is 15.0. The lowest BCUT2D eigenvalue weighted by Crippen LogP contribution is -2.48. The quantitative estimate of drug-likeness (QED) is 0.604. The van der Waals surface area contributed by atoms with Crippen molar-refractivity contribution in [1.82, 2.24) is 14.5 Å². The number of hydrogen-bond donors (Lipinski definition) is 0. The summed E-state index contributed by atoms with van der Waals surface area (Å²) in [5, 5.41) is 0.857. The summed E-state index contributed by atoms with van der Waals surface area (Å²) >= 11 is 1.71. The van der Waals surface area contributed by atoms with Crippen molar-refractivity contribution in [3.63, 3.8) is 0 Å². The van der Waals surface area contributed by atoms with Gasteiger partial charge in [0.15, 0.2) is 0 Å². The third-order valence-electron chi connectivity index (χ3n) is 6.53. The number of benzene rings is 1. The van der Waals surface area contributed by atoms with Crippen LogP contribution in [0.4, 0.5) is 10.3 Å². The number of nitrogens with zero attached hydrogens (tertiary/aromatic N) is 4. The number of rotatable bonds is 4. The molecule has 1 fully saturated rings. The van der Waals surface area contributed by atoms with E-state index in [1.54, 1.807) is 17.4 Å². The van der Waals surface area contributed by atoms with E-state index < -0.39 is 0 Å². The predicted octanol–water partition coefficient (Wildman–Crippen LogP) is 4.38. The minimum absolute atomic E-state index is 0.0509. The summed E-state index contributed by atoms with van der Waals surface area (Å²) in [5.41, 5.74) is 2.10. The molecule has 1 aromatic carbocycles. The van der Waals surface area contributed by atoms with E-state index in [4.69, 9.17) is 4.98 Å². The van der Waals surface area contributed by atoms with E-state index in [2.05, 4.69) is 23.6 Å². The molecular formula is C24H29FN4OS. The SMILES string of the molecule is CC(C)n1c(N2CCN(Cc3ccccc3F)CC2)nc2sc3c(c2c1=O)CCCC3. The fourth-order valence-corrected chi connectivity index (χ4v) is 6.12. The van der Waals surface area contributed by atoms with Crippen molar-refractivity contribution in [3.05, 3.63) is 56.4 Å². The van der Waals surface area contributed by atoms with Crippen LogP contribution in [-0.4, -0.2) is 40.6 Å². The molecule has 164 valence electrons. The number of halogens is 1. The van der Waals surface area contributed by atoms with Gasteiger partial charge in [0.05, 0.1) is 5.39 Å². The minimum atomic E-state index is -0.146. The molecule has 2 aliphatic rings. The monoisotopic (exact) mass is 440 g/mol. The Hall–Kier alpha value is -2.25. The summed E-state index contributed by atoms with van der Waals surface area (Å²) in [4.78, 5) is 25.4. The first kappa shape index (κ1) is 20.6. The van der Waals surface area contributed by atoms with Crippen LogP contribution in [0, 0.1) is 5.82 Å². The van der Waals surface area contributed by atoms with Crippen molar-refractivity contribution < 1.29 is 4.39 Å². The maximum atomic E-state index is 14.0. The smallest absolute Gasteiger partial charge is 0.264 e. The first-order valence-corrected chi connectivity index (χ1v) is 12.1. The van der Waals surface area contributed by atoms with E-state index in [1.165, 1.54) is 22.9 Å². The maximum absolute atomic E-state index is 14.0. The van der Waals surface area contributed by atoms with Crippen molar-refractivity contribution >= 4 is 27.5 Å². The summed E-state index contributed by atoms with van der Waals surface area (Å²) in [5.74, 6) is 0.643. The molecule has 0 atom stereocenters. The van der Waals surface area contributed by atoms with Crippen LogP contribution in [0.2, 0.25) is 0 Å². The molecule has 3 heterocycles. The molecule has 0 saturated carbocycles. The summed E-state index contributed by atoms with van der Waals surface area (Å²) in [6.45, 7) is 7.94. The highest BCUT2D eigenvalue weighted by molar-refractivity contribution is 7.18. The number of piperazine rings is 1. The van der Waals surface area contributed by atoms with Crippen LogP contribution in [0.1, 0.15) is 48.7 Å². The molecule has 31 heavy (non-hydrogen) atoms. The number of thiophene rings is 1. The van der Waals surface area contributed by atoms with Crippen molar-refractivity contribution in [3.8, 4) is 0 Å². The Morgan fingerprint density at radius 2 is 1.84 bits per heavy atom. The largest absolute Gasteiger partial charge is 0.340 e. The lowest BCUT2D eigenvalue weighted by molar-refractivity contribution is 0.244. The topological polar surface area (TPSA) is 41.4 Å². The lowest BCUT2D eigenvalue weighted by atomic mass is 9.97. The standard InChI is InChI=1S/C24H29FN4OS/c1-16(2)29-23(30)21-18-8-4-6-10-20(18)31-22(21)26-24(29)28-13-11-27(12-14-28)15-17-7-3-5-9-19(17)25/h3,5,7,9,16H,4,6,8,10-15H2,1-2H3. The first-order valence-electron chi connectivity index (χ1n) is 11.3. The van der Waals surface area contributed by atoms with Gasteiger partial charge in [-0.2, -0.15) is 0 Å². The van der Waals surface area contributed by atoms with E-state index in [0.717, 1.165) is 67.2 Å². The molecule has 2 aromatic heterocycles. The number of fused-ring (bicyclic) bond motifs is 3. The minimum Gasteiger partial charge on any atom is -0.340 e. The zero-order chi connectivity index (χ0) is 21.5. The third-order valence-corrected chi connectivity index (χ3v) is 7.71. The molecule has 3 aromatic rings. The van der Waals surface area contributed by atoms with Crippen molar-refractivity contribution in [2.24, 2.45) is 0 Å². The lowest BCUT2D eigenvalue weighted by Gasteiger charge is -2.36. The van der Waals surface area contributed by atoms with Crippen molar-refractivity contribution in [2.75, 3.05) is 31.1 Å². The molecule has 0 spiro atoms. The predicted molar refractivity (Wildman–Crippen MR) is 125 cm³/mol. The zero-order valence-corrected chi connectivity index (χ0v) is 19.1. The van der Waals surface area contributed by atoms with Crippen LogP contribution in [0.5, 0.6) is 0 Å². The molecule has 0 radical (unpaired) electrons. The number of anilines is 1. The van der Waals surface area contributed by atoms with E-state index >= 15 is 0 Å². The van der Waals surface area contributed by atoms with E-state index in [1.807, 2.05) is 16.7 Å². The molecule has 0 bridgehead atoms. The number of aryl methyl sites for hydroxylation is 2. The Balaban J connectivity index is 1.43. The number of aromatic nitrogens is 2. The number of hydrogen-bond acceptors (Lipinski definition) is 5. The maximum Gasteiger partial charge on any atom is 0.264 e. The summed E-state index contributed by atoms with van der Waals surface area (Å²) in [6, 6.07) is 7.04. The fourth-order valence-electron chi connectivity index (χ4n) is 4.87. The fraction of sp³-hybridized carbons (Fsp3) is 0.500. The Labute approximate surface area is 186 Å². The van der Waals surface area contributed by atoms with Gasteiger partial charge in [-0.15, -0.1) is 11.3 Å². The second kappa shape index (κ2) is 8.36. The Kier molecular flexibility index (Phi) is 5.56. The second-order valence-corrected chi connectivity index (χ2v) is 10.0. The summed E-state index contributed by atoms with van der Waals surface area (Å²) < 4.78 is 15.9. The van der Waals surface area contributed by atoms with Crippen LogP contribution in [0.25, 0.3) is 10.2 Å². The molecule has 0 unspecified atom stereocenters. The average molecular weight is 441 g/mol. The van der Waals surface area contributed by atoms with Crippen molar-refractivity contribution in [2.45, 2.75) is 52.1 Å². The molecular weight excluding hydrogens is 411 g/mol. The average Bonchev–Trinajstić information content (AvgIpc) is 3.14. The summed E-state index contributed by atoms with van der Waals surface area (Å²) in [6.07, 6.45) is 4.43. The van der Waals surface area contributed by atoms with Gasteiger partial charge in [-0.3, -0.25) is 14.3 Å². The zero-order valence-electron chi connectivity index (χ0n) is 18.2. The van der Waals surface area contributed by atoms with Crippen LogP contribution in [0.15, 0.2) is 29.1 Å². The van der Waals surface area contributed by atoms with Gasteiger partial charge in [0.25, 0.3) is 5.56 Å². The van der Waals surface area contributed by atoms with Gasteiger partial charge < -0.3 is 4.90 Å².